The number of nitrogens with one attached hydrogen (secondary N) is 1. The van der Waals surface area contributed by atoms with Gasteiger partial charge in [-0.3, -0.25) is 9.48 Å². The second kappa shape index (κ2) is 8.20. The van der Waals surface area contributed by atoms with E-state index in [2.05, 4.69) is 16.4 Å². The highest BCUT2D eigenvalue weighted by Gasteiger charge is 2.18. The number of nitrogens with zero attached hydrogens (tertiary/aromatic N) is 4. The molecule has 2 aromatic heterocycles. The maximum absolute atomic E-state index is 13.2. The molecule has 2 heterocycles. The summed E-state index contributed by atoms with van der Waals surface area (Å²) in [6.07, 6.45) is 0. The summed E-state index contributed by atoms with van der Waals surface area (Å²) in [6.45, 7) is 1.85. The molecule has 0 aliphatic rings. The Morgan fingerprint density at radius 1 is 1.03 bits per heavy atom. The minimum Gasteiger partial charge on any atom is -0.497 e. The molecule has 0 fully saturated rings. The topological polar surface area (TPSA) is 84.9 Å². The second-order valence-electron chi connectivity index (χ2n) is 6.99. The van der Waals surface area contributed by atoms with Gasteiger partial charge in [0.05, 0.1) is 29.7 Å². The van der Waals surface area contributed by atoms with Crippen molar-refractivity contribution in [1.29, 1.82) is 5.26 Å². The van der Waals surface area contributed by atoms with Crippen LogP contribution in [0.25, 0.3) is 16.9 Å². The van der Waals surface area contributed by atoms with Gasteiger partial charge < -0.3 is 10.1 Å². The molecule has 7 heteroatoms. The van der Waals surface area contributed by atoms with Crippen molar-refractivity contribution in [2.75, 3.05) is 12.4 Å². The molecule has 154 valence electrons. The Labute approximate surface area is 179 Å². The number of benzene rings is 2. The monoisotopic (exact) mass is 411 g/mol. The molecule has 2 aromatic carbocycles. The Bertz CT molecular complexity index is 1330. The number of ether oxygens (including phenoxy) is 1. The molecule has 0 saturated carbocycles. The Balaban J connectivity index is 1.77. The zero-order valence-electron chi connectivity index (χ0n) is 17.5. The van der Waals surface area contributed by atoms with Gasteiger partial charge in [-0.2, -0.15) is 5.26 Å². The number of para-hydroxylation sites is 1. The minimum atomic E-state index is -0.216. The van der Waals surface area contributed by atoms with E-state index in [4.69, 9.17) is 4.74 Å². The number of nitriles is 1. The first-order valence-corrected chi connectivity index (χ1v) is 9.70. The predicted molar refractivity (Wildman–Crippen MR) is 120 cm³/mol. The van der Waals surface area contributed by atoms with E-state index in [0.29, 0.717) is 22.8 Å². The van der Waals surface area contributed by atoms with E-state index in [1.54, 1.807) is 28.6 Å². The Morgan fingerprint density at radius 3 is 2.39 bits per heavy atom. The average Bonchev–Trinajstić information content (AvgIpc) is 3.02. The molecule has 4 aromatic rings. The maximum Gasteiger partial charge on any atom is 0.295 e. The van der Waals surface area contributed by atoms with Crippen LogP contribution in [0.3, 0.4) is 0 Å². The summed E-state index contributed by atoms with van der Waals surface area (Å²) >= 11 is 0. The molecular weight excluding hydrogens is 390 g/mol. The highest BCUT2D eigenvalue weighted by molar-refractivity contribution is 5.69. The van der Waals surface area contributed by atoms with Gasteiger partial charge in [0.15, 0.2) is 0 Å². The van der Waals surface area contributed by atoms with E-state index >= 15 is 0 Å². The lowest BCUT2D eigenvalue weighted by atomic mass is 10.1. The first-order valence-electron chi connectivity index (χ1n) is 9.70. The maximum atomic E-state index is 13.2. The zero-order valence-corrected chi connectivity index (χ0v) is 17.5. The molecule has 7 nitrogen and oxygen atoms in total. The lowest BCUT2D eigenvalue weighted by Crippen LogP contribution is -2.20. The highest BCUT2D eigenvalue weighted by atomic mass is 16.5. The Hall–Kier alpha value is -4.31. The van der Waals surface area contributed by atoms with Gasteiger partial charge in [0.1, 0.15) is 23.3 Å². The van der Waals surface area contributed by atoms with E-state index in [1.165, 1.54) is 0 Å². The van der Waals surface area contributed by atoms with Crippen LogP contribution in [0.1, 0.15) is 11.3 Å². The van der Waals surface area contributed by atoms with Gasteiger partial charge in [0.2, 0.25) is 0 Å². The Kier molecular flexibility index (Phi) is 5.29. The van der Waals surface area contributed by atoms with Crippen molar-refractivity contribution in [1.82, 2.24) is 14.3 Å². The number of methoxy groups -OCH3 is 1. The van der Waals surface area contributed by atoms with Gasteiger partial charge in [0.25, 0.3) is 5.56 Å². The van der Waals surface area contributed by atoms with E-state index in [-0.39, 0.29) is 5.56 Å². The average molecular weight is 411 g/mol. The lowest BCUT2D eigenvalue weighted by Gasteiger charge is -2.09. The van der Waals surface area contributed by atoms with Crippen molar-refractivity contribution in [2.45, 2.75) is 6.92 Å². The standard InChI is InChI=1S/C24H21N5O2/c1-16-22(24(30)29(28(16)2)19-7-5-4-6-8-19)27-23-18(15-25)11-14-21(26-23)17-9-12-20(31-3)13-10-17/h4-14H,1-3H3,(H,26,27). The molecule has 0 amide bonds. The van der Waals surface area contributed by atoms with E-state index in [0.717, 1.165) is 22.7 Å². The van der Waals surface area contributed by atoms with Crippen LogP contribution >= 0.6 is 0 Å². The number of anilines is 2. The quantitative estimate of drug-likeness (QED) is 0.533. The van der Waals surface area contributed by atoms with Crippen molar-refractivity contribution < 1.29 is 4.74 Å². The summed E-state index contributed by atoms with van der Waals surface area (Å²) in [6, 6.07) is 22.5. The SMILES string of the molecule is COc1ccc(-c2ccc(C#N)c(Nc3c(C)n(C)n(-c4ccccc4)c3=O)n2)cc1. The fourth-order valence-corrected chi connectivity index (χ4v) is 3.40. The first kappa shape index (κ1) is 20.0. The summed E-state index contributed by atoms with van der Waals surface area (Å²) in [5, 5.41) is 12.7. The van der Waals surface area contributed by atoms with E-state index < -0.39 is 0 Å². The Morgan fingerprint density at radius 2 is 1.74 bits per heavy atom. The van der Waals surface area contributed by atoms with Crippen LogP contribution < -0.4 is 15.6 Å². The largest absolute Gasteiger partial charge is 0.497 e. The number of rotatable bonds is 5. The third-order valence-electron chi connectivity index (χ3n) is 5.20. The van der Waals surface area contributed by atoms with E-state index in [1.807, 2.05) is 68.6 Å². The normalized spacial score (nSPS) is 10.5. The molecule has 0 aliphatic carbocycles. The van der Waals surface area contributed by atoms with Gasteiger partial charge >= 0.3 is 0 Å². The first-order chi connectivity index (χ1) is 15.0. The van der Waals surface area contributed by atoms with Crippen LogP contribution in [0, 0.1) is 18.3 Å². The molecule has 31 heavy (non-hydrogen) atoms. The van der Waals surface area contributed by atoms with Crippen LogP contribution in [-0.4, -0.2) is 21.5 Å². The highest BCUT2D eigenvalue weighted by Crippen LogP contribution is 2.26. The summed E-state index contributed by atoms with van der Waals surface area (Å²) in [5.41, 5.74) is 3.56. The summed E-state index contributed by atoms with van der Waals surface area (Å²) in [7, 11) is 3.43. The van der Waals surface area contributed by atoms with Crippen molar-refractivity contribution >= 4 is 11.5 Å². The summed E-state index contributed by atoms with van der Waals surface area (Å²) in [4.78, 5) is 17.8. The predicted octanol–water partition coefficient (Wildman–Crippen LogP) is 4.17. The molecule has 4 rings (SSSR count). The lowest BCUT2D eigenvalue weighted by molar-refractivity contribution is 0.415. The van der Waals surface area contributed by atoms with Gasteiger partial charge in [-0.1, -0.05) is 18.2 Å². The van der Waals surface area contributed by atoms with Crippen molar-refractivity contribution in [3.8, 4) is 28.8 Å². The number of aromatic nitrogens is 3. The summed E-state index contributed by atoms with van der Waals surface area (Å²) in [5.74, 6) is 1.08. The smallest absolute Gasteiger partial charge is 0.295 e. The fraction of sp³-hybridized carbons (Fsp3) is 0.125. The third kappa shape index (κ3) is 3.67. The van der Waals surface area contributed by atoms with Crippen LogP contribution in [0.2, 0.25) is 0 Å². The van der Waals surface area contributed by atoms with Gasteiger partial charge in [-0.25, -0.2) is 9.67 Å². The van der Waals surface area contributed by atoms with Crippen LogP contribution in [-0.2, 0) is 7.05 Å². The number of hydrogen-bond acceptors (Lipinski definition) is 5. The van der Waals surface area contributed by atoms with Gasteiger partial charge in [-0.05, 0) is 55.5 Å². The van der Waals surface area contributed by atoms with Crippen LogP contribution in [0.5, 0.6) is 5.75 Å². The molecule has 0 unspecified atom stereocenters. The molecule has 0 spiro atoms. The molecule has 1 N–H and O–H groups in total. The molecule has 0 aliphatic heterocycles. The number of hydrogen-bond donors (Lipinski definition) is 1. The van der Waals surface area contributed by atoms with Crippen molar-refractivity contribution in [3.63, 3.8) is 0 Å². The molecular formula is C24H21N5O2. The molecule has 0 bridgehead atoms. The zero-order chi connectivity index (χ0) is 22.0. The fourth-order valence-electron chi connectivity index (χ4n) is 3.40. The van der Waals surface area contributed by atoms with Gasteiger partial charge in [0, 0.05) is 12.6 Å². The third-order valence-corrected chi connectivity index (χ3v) is 5.20. The molecule has 0 atom stereocenters. The van der Waals surface area contributed by atoms with Gasteiger partial charge in [-0.15, -0.1) is 0 Å². The molecule has 0 saturated heterocycles. The molecule has 0 radical (unpaired) electrons. The number of pyridine rings is 1. The van der Waals surface area contributed by atoms with Crippen molar-refractivity contribution in [2.24, 2.45) is 7.05 Å². The second-order valence-corrected chi connectivity index (χ2v) is 6.99. The minimum absolute atomic E-state index is 0.216. The van der Waals surface area contributed by atoms with Crippen LogP contribution in [0.15, 0.2) is 71.5 Å². The van der Waals surface area contributed by atoms with Crippen LogP contribution in [0.4, 0.5) is 11.5 Å². The summed E-state index contributed by atoms with van der Waals surface area (Å²) < 4.78 is 8.56. The van der Waals surface area contributed by atoms with E-state index in [9.17, 15) is 10.1 Å². The van der Waals surface area contributed by atoms with Crippen molar-refractivity contribution in [3.05, 3.63) is 88.3 Å².